The van der Waals surface area contributed by atoms with Gasteiger partial charge in [-0.2, -0.15) is 0 Å². The van der Waals surface area contributed by atoms with Crippen molar-refractivity contribution in [1.29, 1.82) is 0 Å². The maximum atomic E-state index is 11.5. The fourth-order valence-electron chi connectivity index (χ4n) is 2.45. The number of carbonyl (C=O) groups excluding carboxylic acids is 5. The maximum absolute atomic E-state index is 11.5. The van der Waals surface area contributed by atoms with Crippen molar-refractivity contribution in [2.75, 3.05) is 6.61 Å². The highest BCUT2D eigenvalue weighted by Gasteiger charge is 2.53. The zero-order valence-electron chi connectivity index (χ0n) is 15.6. The lowest BCUT2D eigenvalue weighted by molar-refractivity contribution is -0.300. The molecule has 1 fully saturated rings. The molecule has 0 aromatic carbocycles. The molecule has 0 bridgehead atoms. The van der Waals surface area contributed by atoms with Gasteiger partial charge in [-0.25, -0.2) is 0 Å². The minimum Gasteiger partial charge on any atom is -0.463 e. The molecule has 1 aliphatic rings. The summed E-state index contributed by atoms with van der Waals surface area (Å²) < 4.78 is 30.8. The van der Waals surface area contributed by atoms with Gasteiger partial charge >= 0.3 is 29.8 Å². The lowest BCUT2D eigenvalue weighted by Crippen LogP contribution is -2.63. The fourth-order valence-corrected chi connectivity index (χ4v) is 2.45. The van der Waals surface area contributed by atoms with Gasteiger partial charge in [-0.05, 0) is 0 Å². The van der Waals surface area contributed by atoms with Gasteiger partial charge in [0.25, 0.3) is 0 Å². The van der Waals surface area contributed by atoms with E-state index in [0.29, 0.717) is 0 Å². The minimum atomic E-state index is -1.48. The van der Waals surface area contributed by atoms with Gasteiger partial charge in [-0.1, -0.05) is 0 Å². The van der Waals surface area contributed by atoms with E-state index >= 15 is 0 Å². The molecule has 0 N–H and O–H groups in total. The van der Waals surface area contributed by atoms with Crippen LogP contribution in [-0.4, -0.2) is 67.2 Å². The van der Waals surface area contributed by atoms with Crippen molar-refractivity contribution in [3.8, 4) is 0 Å². The molecule has 11 heteroatoms. The van der Waals surface area contributed by atoms with E-state index in [1.165, 1.54) is 0 Å². The van der Waals surface area contributed by atoms with Crippen molar-refractivity contribution >= 4 is 29.8 Å². The zero-order chi connectivity index (χ0) is 20.7. The summed E-state index contributed by atoms with van der Waals surface area (Å²) >= 11 is 0. The van der Waals surface area contributed by atoms with E-state index < -0.39 is 67.2 Å². The Morgan fingerprint density at radius 3 is 1.52 bits per heavy atom. The van der Waals surface area contributed by atoms with Crippen molar-refractivity contribution < 1.29 is 52.4 Å². The van der Waals surface area contributed by atoms with Crippen molar-refractivity contribution in [1.82, 2.24) is 0 Å². The van der Waals surface area contributed by atoms with Crippen molar-refractivity contribution in [2.45, 2.75) is 65.3 Å². The molecule has 0 aromatic rings. The van der Waals surface area contributed by atoms with Crippen LogP contribution in [-0.2, 0) is 52.4 Å². The van der Waals surface area contributed by atoms with Crippen LogP contribution in [0.4, 0.5) is 0 Å². The van der Waals surface area contributed by atoms with Crippen molar-refractivity contribution in [2.24, 2.45) is 0 Å². The Labute approximate surface area is 155 Å². The average Bonchev–Trinajstić information content (AvgIpc) is 2.49. The van der Waals surface area contributed by atoms with Gasteiger partial charge in [0.1, 0.15) is 12.7 Å². The maximum Gasteiger partial charge on any atom is 0.305 e. The lowest BCUT2D eigenvalue weighted by Gasteiger charge is -2.43. The van der Waals surface area contributed by atoms with Crippen molar-refractivity contribution in [3.63, 3.8) is 0 Å². The predicted molar refractivity (Wildman–Crippen MR) is 83.7 cm³/mol. The smallest absolute Gasteiger partial charge is 0.305 e. The second kappa shape index (κ2) is 9.86. The summed E-state index contributed by atoms with van der Waals surface area (Å²) in [7, 11) is 0. The molecular weight excluding hydrogens is 368 g/mol. The van der Waals surface area contributed by atoms with E-state index in [9.17, 15) is 24.0 Å². The van der Waals surface area contributed by atoms with Crippen LogP contribution in [0.3, 0.4) is 0 Å². The molecule has 0 aliphatic carbocycles. The molecule has 1 rings (SSSR count). The number of esters is 5. The molecule has 27 heavy (non-hydrogen) atoms. The standard InChI is InChI=1S/C16H22O11/c1-7(17)22-6-12-13(23-8(2)18)14(24-9(3)19)15(25-10(4)20)16(27-12)26-11(5)21/h12-16H,6H2,1-5H3/t12-,13-,14-,15+,16-/m0/s1. The molecule has 5 atom stereocenters. The third kappa shape index (κ3) is 7.21. The summed E-state index contributed by atoms with van der Waals surface area (Å²) in [5.41, 5.74) is 0. The van der Waals surface area contributed by atoms with E-state index in [4.69, 9.17) is 28.4 Å². The minimum absolute atomic E-state index is 0.393. The first-order valence-electron chi connectivity index (χ1n) is 7.99. The number of carbonyl (C=O) groups is 5. The summed E-state index contributed by atoms with van der Waals surface area (Å²) in [5.74, 6) is -3.71. The Hall–Kier alpha value is -2.69. The normalized spacial score (nSPS) is 27.1. The molecule has 0 radical (unpaired) electrons. The Balaban J connectivity index is 3.29. The van der Waals surface area contributed by atoms with Gasteiger partial charge in [0, 0.05) is 34.6 Å². The Bertz CT molecular complexity index is 599. The first kappa shape index (κ1) is 22.4. The van der Waals surface area contributed by atoms with Crippen LogP contribution >= 0.6 is 0 Å². The largest absolute Gasteiger partial charge is 0.463 e. The van der Waals surface area contributed by atoms with E-state index in [0.717, 1.165) is 34.6 Å². The van der Waals surface area contributed by atoms with Crippen LogP contribution < -0.4 is 0 Å². The molecule has 0 unspecified atom stereocenters. The Morgan fingerprint density at radius 1 is 0.630 bits per heavy atom. The summed E-state index contributed by atoms with van der Waals surface area (Å²) in [6, 6.07) is 0. The van der Waals surface area contributed by atoms with E-state index in [-0.39, 0.29) is 0 Å². The van der Waals surface area contributed by atoms with Gasteiger partial charge in [-0.3, -0.25) is 24.0 Å². The lowest BCUT2D eigenvalue weighted by atomic mass is 9.98. The summed E-state index contributed by atoms with van der Waals surface area (Å²) in [6.45, 7) is 5.13. The van der Waals surface area contributed by atoms with Gasteiger partial charge < -0.3 is 28.4 Å². The van der Waals surface area contributed by atoms with Crippen molar-refractivity contribution in [3.05, 3.63) is 0 Å². The van der Waals surface area contributed by atoms with E-state index in [1.807, 2.05) is 0 Å². The van der Waals surface area contributed by atoms with Crippen LogP contribution in [0.5, 0.6) is 0 Å². The van der Waals surface area contributed by atoms with Crippen LogP contribution in [0.1, 0.15) is 34.6 Å². The van der Waals surface area contributed by atoms with Crippen LogP contribution in [0.15, 0.2) is 0 Å². The molecule has 1 heterocycles. The highest BCUT2D eigenvalue weighted by Crippen LogP contribution is 2.29. The predicted octanol–water partition coefficient (Wildman–Crippen LogP) is -0.367. The molecule has 0 spiro atoms. The first-order chi connectivity index (χ1) is 12.5. The fraction of sp³-hybridized carbons (Fsp3) is 0.688. The second-order valence-corrected chi connectivity index (χ2v) is 5.68. The summed E-state index contributed by atoms with van der Waals surface area (Å²) in [6.07, 6.45) is -6.70. The SMILES string of the molecule is CC(=O)OC[C@@H]1O[C@H](OC(C)=O)[C@H](OC(C)=O)[C@@H](OC(C)=O)[C@H]1OC(C)=O. The van der Waals surface area contributed by atoms with Crippen LogP contribution in [0.2, 0.25) is 0 Å². The molecule has 1 aliphatic heterocycles. The highest BCUT2D eigenvalue weighted by atomic mass is 16.7. The van der Waals surface area contributed by atoms with Crippen LogP contribution in [0, 0.1) is 0 Å². The summed E-state index contributed by atoms with van der Waals surface area (Å²) in [5, 5.41) is 0. The number of ether oxygens (including phenoxy) is 6. The molecule has 0 saturated carbocycles. The first-order valence-corrected chi connectivity index (χ1v) is 7.99. The highest BCUT2D eigenvalue weighted by molar-refractivity contribution is 5.69. The number of rotatable bonds is 6. The molecular formula is C16H22O11. The van der Waals surface area contributed by atoms with E-state index in [1.54, 1.807) is 0 Å². The van der Waals surface area contributed by atoms with Gasteiger partial charge in [-0.15, -0.1) is 0 Å². The topological polar surface area (TPSA) is 141 Å². The van der Waals surface area contributed by atoms with E-state index in [2.05, 4.69) is 0 Å². The Kier molecular flexibility index (Phi) is 8.16. The third-order valence-electron chi connectivity index (χ3n) is 3.23. The molecule has 0 amide bonds. The number of hydrogen-bond donors (Lipinski definition) is 0. The molecule has 152 valence electrons. The number of hydrogen-bond acceptors (Lipinski definition) is 11. The quantitative estimate of drug-likeness (QED) is 0.433. The average molecular weight is 390 g/mol. The molecule has 0 aromatic heterocycles. The van der Waals surface area contributed by atoms with Gasteiger partial charge in [0.2, 0.25) is 12.4 Å². The molecule has 1 saturated heterocycles. The zero-order valence-corrected chi connectivity index (χ0v) is 15.6. The molecule has 11 nitrogen and oxygen atoms in total. The monoisotopic (exact) mass is 390 g/mol. The van der Waals surface area contributed by atoms with Gasteiger partial charge in [0.15, 0.2) is 12.2 Å². The second-order valence-electron chi connectivity index (χ2n) is 5.68. The summed E-state index contributed by atoms with van der Waals surface area (Å²) in [4.78, 5) is 57.0. The van der Waals surface area contributed by atoms with Gasteiger partial charge in [0.05, 0.1) is 0 Å². The van der Waals surface area contributed by atoms with Crippen LogP contribution in [0.25, 0.3) is 0 Å². The Morgan fingerprint density at radius 2 is 1.07 bits per heavy atom. The third-order valence-corrected chi connectivity index (χ3v) is 3.23.